The van der Waals surface area contributed by atoms with Gasteiger partial charge in [0.2, 0.25) is 0 Å². The predicted octanol–water partition coefficient (Wildman–Crippen LogP) is 5.43. The van der Waals surface area contributed by atoms with E-state index in [9.17, 15) is 14.0 Å². The number of aromatic nitrogens is 1. The number of amides is 2. The molecule has 0 aliphatic heterocycles. The van der Waals surface area contributed by atoms with E-state index < -0.39 is 17.8 Å². The van der Waals surface area contributed by atoms with E-state index in [2.05, 4.69) is 10.3 Å². The summed E-state index contributed by atoms with van der Waals surface area (Å²) >= 11 is 5.78. The maximum atomic E-state index is 13.3. The summed E-state index contributed by atoms with van der Waals surface area (Å²) in [4.78, 5) is 30.7. The van der Waals surface area contributed by atoms with Crippen LogP contribution in [-0.4, -0.2) is 35.5 Å². The minimum atomic E-state index is -0.560. The summed E-state index contributed by atoms with van der Waals surface area (Å²) in [5.74, 6) is -1.05. The quantitative estimate of drug-likeness (QED) is 0.549. The molecule has 2 aromatic carbocycles. The fourth-order valence-corrected chi connectivity index (χ4v) is 3.26. The zero-order chi connectivity index (χ0) is 21.8. The average molecular weight is 430 g/mol. The van der Waals surface area contributed by atoms with Gasteiger partial charge in [0.15, 0.2) is 5.69 Å². The Morgan fingerprint density at radius 3 is 2.60 bits per heavy atom. The summed E-state index contributed by atoms with van der Waals surface area (Å²) in [6, 6.07) is 10.5. The lowest BCUT2D eigenvalue weighted by Crippen LogP contribution is -2.33. The van der Waals surface area contributed by atoms with Crippen molar-refractivity contribution in [1.29, 1.82) is 0 Å². The molecule has 0 aliphatic carbocycles. The van der Waals surface area contributed by atoms with Crippen molar-refractivity contribution >= 4 is 40.1 Å². The molecule has 0 unspecified atom stereocenters. The normalized spacial score (nSPS) is 11.8. The third-order valence-corrected chi connectivity index (χ3v) is 5.11. The Kier molecular flexibility index (Phi) is 6.52. The highest BCUT2D eigenvalue weighted by atomic mass is 35.5. The topological polar surface area (TPSA) is 71.5 Å². The number of hydrogen-bond donors (Lipinski definition) is 1. The fourth-order valence-electron chi connectivity index (χ4n) is 3.08. The van der Waals surface area contributed by atoms with Crippen LogP contribution in [0.5, 0.6) is 0 Å². The number of nitrogens with one attached hydrogen (secondary N) is 1. The maximum Gasteiger partial charge on any atom is 0.357 e. The number of halogens is 2. The molecule has 3 rings (SSSR count). The summed E-state index contributed by atoms with van der Waals surface area (Å²) < 4.78 is 18.4. The van der Waals surface area contributed by atoms with Crippen molar-refractivity contribution in [2.24, 2.45) is 0 Å². The number of nitrogens with zero attached hydrogens (tertiary/aromatic N) is 2. The molecule has 0 fully saturated rings. The Balaban J connectivity index is 1.89. The van der Waals surface area contributed by atoms with Crippen molar-refractivity contribution in [2.75, 3.05) is 19.0 Å². The van der Waals surface area contributed by atoms with Crippen LogP contribution in [-0.2, 0) is 4.74 Å². The zero-order valence-corrected chi connectivity index (χ0v) is 17.5. The molecular weight excluding hydrogens is 409 g/mol. The number of benzene rings is 2. The number of anilines is 1. The predicted molar refractivity (Wildman–Crippen MR) is 114 cm³/mol. The van der Waals surface area contributed by atoms with Crippen LogP contribution < -0.4 is 5.32 Å². The number of carbonyl (C=O) groups excluding carboxylic acids is 2. The lowest BCUT2D eigenvalue weighted by Gasteiger charge is -2.26. The third kappa shape index (κ3) is 4.36. The van der Waals surface area contributed by atoms with Crippen molar-refractivity contribution in [3.8, 4) is 0 Å². The van der Waals surface area contributed by atoms with E-state index in [0.29, 0.717) is 11.1 Å². The van der Waals surface area contributed by atoms with Crippen LogP contribution in [0, 0.1) is 5.82 Å². The van der Waals surface area contributed by atoms with E-state index in [0.717, 1.165) is 10.9 Å². The molecule has 1 atom stereocenters. The largest absolute Gasteiger partial charge is 0.461 e. The molecule has 1 heterocycles. The van der Waals surface area contributed by atoms with Gasteiger partial charge in [-0.05, 0) is 37.4 Å². The van der Waals surface area contributed by atoms with Gasteiger partial charge in [-0.15, -0.1) is 0 Å². The number of rotatable bonds is 5. The second kappa shape index (κ2) is 9.09. The summed E-state index contributed by atoms with van der Waals surface area (Å²) in [5.41, 5.74) is 1.39. The number of ether oxygens (including phenoxy) is 1. The van der Waals surface area contributed by atoms with Gasteiger partial charge >= 0.3 is 12.0 Å². The van der Waals surface area contributed by atoms with Crippen LogP contribution in [0.2, 0.25) is 5.02 Å². The van der Waals surface area contributed by atoms with Crippen LogP contribution in [0.15, 0.2) is 48.7 Å². The van der Waals surface area contributed by atoms with Gasteiger partial charge in [-0.2, -0.15) is 0 Å². The molecule has 3 aromatic rings. The lowest BCUT2D eigenvalue weighted by atomic mass is 10.00. The van der Waals surface area contributed by atoms with Crippen molar-refractivity contribution < 1.29 is 18.7 Å². The van der Waals surface area contributed by atoms with Gasteiger partial charge in [-0.25, -0.2) is 19.0 Å². The van der Waals surface area contributed by atoms with Gasteiger partial charge < -0.3 is 15.0 Å². The molecule has 0 bridgehead atoms. The van der Waals surface area contributed by atoms with Crippen LogP contribution in [0.3, 0.4) is 0 Å². The van der Waals surface area contributed by atoms with Crippen molar-refractivity contribution in [1.82, 2.24) is 9.88 Å². The molecule has 1 N–H and O–H groups in total. The summed E-state index contributed by atoms with van der Waals surface area (Å²) in [7, 11) is 1.64. The molecule has 156 valence electrons. The van der Waals surface area contributed by atoms with Crippen molar-refractivity contribution in [3.63, 3.8) is 0 Å². The number of esters is 1. The minimum absolute atomic E-state index is 0.0757. The molecule has 30 heavy (non-hydrogen) atoms. The van der Waals surface area contributed by atoms with E-state index in [1.165, 1.54) is 23.1 Å². The molecule has 0 saturated carbocycles. The second-order valence-electron chi connectivity index (χ2n) is 6.67. The highest BCUT2D eigenvalue weighted by molar-refractivity contribution is 6.31. The summed E-state index contributed by atoms with van der Waals surface area (Å²) in [6.07, 6.45) is 1.58. The molecule has 0 radical (unpaired) electrons. The summed E-state index contributed by atoms with van der Waals surface area (Å²) in [5, 5.41) is 4.07. The van der Waals surface area contributed by atoms with Crippen LogP contribution in [0.1, 0.15) is 35.9 Å². The third-order valence-electron chi connectivity index (χ3n) is 4.82. The lowest BCUT2D eigenvalue weighted by molar-refractivity contribution is 0.0522. The van der Waals surface area contributed by atoms with E-state index >= 15 is 0 Å². The number of fused-ring (bicyclic) bond motifs is 1. The van der Waals surface area contributed by atoms with Gasteiger partial charge in [0.05, 0.1) is 17.7 Å². The molecule has 0 aliphatic rings. The van der Waals surface area contributed by atoms with Gasteiger partial charge in [-0.1, -0.05) is 35.9 Å². The highest BCUT2D eigenvalue weighted by Gasteiger charge is 2.22. The SMILES string of the molecule is CCOC(=O)c1ncc([C@@H](C)N(C)C(=O)Nc2ccc(F)c(Cl)c2)c2ccccc12. The van der Waals surface area contributed by atoms with Crippen molar-refractivity contribution in [3.05, 3.63) is 70.8 Å². The van der Waals surface area contributed by atoms with Crippen LogP contribution >= 0.6 is 11.6 Å². The summed E-state index contributed by atoms with van der Waals surface area (Å²) in [6.45, 7) is 3.84. The standard InChI is InChI=1S/C22H21ClFN3O3/c1-4-30-21(28)20-16-8-6-5-7-15(16)17(12-25-20)13(2)27(3)22(29)26-14-9-10-19(24)18(23)11-14/h5-13H,4H2,1-3H3,(H,26,29)/t13-/m1/s1. The molecule has 0 saturated heterocycles. The molecule has 2 amide bonds. The van der Waals surface area contributed by atoms with E-state index in [1.807, 2.05) is 25.1 Å². The van der Waals surface area contributed by atoms with Gasteiger partial charge in [0, 0.05) is 29.9 Å². The number of hydrogen-bond acceptors (Lipinski definition) is 4. The van der Waals surface area contributed by atoms with Gasteiger partial charge in [0.1, 0.15) is 5.82 Å². The Bertz CT molecular complexity index is 1110. The van der Waals surface area contributed by atoms with Crippen LogP contribution in [0.25, 0.3) is 10.8 Å². The van der Waals surface area contributed by atoms with Crippen molar-refractivity contribution in [2.45, 2.75) is 19.9 Å². The fraction of sp³-hybridized carbons (Fsp3) is 0.227. The van der Waals surface area contributed by atoms with Crippen LogP contribution in [0.4, 0.5) is 14.9 Å². The Hall–Kier alpha value is -3.19. The minimum Gasteiger partial charge on any atom is -0.461 e. The average Bonchev–Trinajstić information content (AvgIpc) is 2.74. The monoisotopic (exact) mass is 429 g/mol. The molecule has 1 aromatic heterocycles. The van der Waals surface area contributed by atoms with E-state index in [1.54, 1.807) is 26.2 Å². The maximum absolute atomic E-state index is 13.3. The second-order valence-corrected chi connectivity index (χ2v) is 7.08. The first-order valence-corrected chi connectivity index (χ1v) is 9.74. The highest BCUT2D eigenvalue weighted by Crippen LogP contribution is 2.29. The first kappa shape index (κ1) is 21.5. The number of urea groups is 1. The van der Waals surface area contributed by atoms with Gasteiger partial charge in [-0.3, -0.25) is 0 Å². The Morgan fingerprint density at radius 1 is 1.23 bits per heavy atom. The van der Waals surface area contributed by atoms with Gasteiger partial charge in [0.25, 0.3) is 0 Å². The Labute approximate surface area is 178 Å². The van der Waals surface area contributed by atoms with E-state index in [4.69, 9.17) is 16.3 Å². The number of pyridine rings is 1. The zero-order valence-electron chi connectivity index (χ0n) is 16.8. The molecule has 0 spiro atoms. The first-order chi connectivity index (χ1) is 14.3. The first-order valence-electron chi connectivity index (χ1n) is 9.37. The molecular formula is C22H21ClFN3O3. The number of carbonyl (C=O) groups is 2. The smallest absolute Gasteiger partial charge is 0.357 e. The molecule has 8 heteroatoms. The Morgan fingerprint density at radius 2 is 1.93 bits per heavy atom. The van der Waals surface area contributed by atoms with E-state index in [-0.39, 0.29) is 23.4 Å². The molecule has 6 nitrogen and oxygen atoms in total.